The molecule has 0 aromatic heterocycles. The van der Waals surface area contributed by atoms with Gasteiger partial charge in [-0.1, -0.05) is 18.2 Å². The van der Waals surface area contributed by atoms with Crippen LogP contribution < -0.4 is 10.2 Å². The third-order valence-electron chi connectivity index (χ3n) is 3.32. The first kappa shape index (κ1) is 15.5. The topological polar surface area (TPSA) is 83.5 Å². The summed E-state index contributed by atoms with van der Waals surface area (Å²) in [6.45, 7) is 0.494. The summed E-state index contributed by atoms with van der Waals surface area (Å²) in [4.78, 5) is 25.3. The Kier molecular flexibility index (Phi) is 4.62. The fourth-order valence-electron chi connectivity index (χ4n) is 2.23. The first-order valence-corrected chi connectivity index (χ1v) is 8.75. The van der Waals surface area contributed by atoms with E-state index in [1.165, 1.54) is 0 Å². The zero-order valence-electron chi connectivity index (χ0n) is 11.8. The van der Waals surface area contributed by atoms with Crippen LogP contribution in [0.5, 0.6) is 0 Å². The van der Waals surface area contributed by atoms with E-state index in [4.69, 9.17) is 0 Å². The van der Waals surface area contributed by atoms with Gasteiger partial charge < -0.3 is 10.2 Å². The van der Waals surface area contributed by atoms with Crippen LogP contribution in [0.3, 0.4) is 0 Å². The fraction of sp³-hybridized carbons (Fsp3) is 0.429. The van der Waals surface area contributed by atoms with Crippen molar-refractivity contribution in [3.63, 3.8) is 0 Å². The standard InChI is InChI=1S/C14H18N2O4S/c1-21(19,20)9-7-13(17)15-10-14(18)16-8-6-11-4-2-3-5-12(11)16/h2-5H,6-10H2,1H3,(H,15,17). The molecule has 0 spiro atoms. The number of nitrogens with zero attached hydrogens (tertiary/aromatic N) is 1. The van der Waals surface area contributed by atoms with Gasteiger partial charge in [-0.15, -0.1) is 0 Å². The van der Waals surface area contributed by atoms with E-state index in [0.717, 1.165) is 23.9 Å². The molecule has 114 valence electrons. The lowest BCUT2D eigenvalue weighted by atomic mass is 10.2. The van der Waals surface area contributed by atoms with Gasteiger partial charge in [0.25, 0.3) is 0 Å². The maximum Gasteiger partial charge on any atom is 0.246 e. The molecular formula is C14H18N2O4S. The molecule has 0 aliphatic carbocycles. The lowest BCUT2D eigenvalue weighted by Crippen LogP contribution is -2.39. The van der Waals surface area contributed by atoms with Crippen molar-refractivity contribution in [3.05, 3.63) is 29.8 Å². The highest BCUT2D eigenvalue weighted by molar-refractivity contribution is 7.90. The molecule has 0 saturated heterocycles. The molecule has 1 heterocycles. The van der Waals surface area contributed by atoms with Crippen LogP contribution in [0.25, 0.3) is 0 Å². The Balaban J connectivity index is 1.85. The summed E-state index contributed by atoms with van der Waals surface area (Å²) in [5, 5.41) is 2.47. The molecule has 0 fully saturated rings. The molecule has 0 radical (unpaired) electrons. The Morgan fingerprint density at radius 1 is 1.29 bits per heavy atom. The Morgan fingerprint density at radius 3 is 2.71 bits per heavy atom. The van der Waals surface area contributed by atoms with Gasteiger partial charge in [0.2, 0.25) is 11.8 Å². The summed E-state index contributed by atoms with van der Waals surface area (Å²) in [5.74, 6) is -0.826. The van der Waals surface area contributed by atoms with E-state index in [9.17, 15) is 18.0 Å². The van der Waals surface area contributed by atoms with Crippen molar-refractivity contribution >= 4 is 27.3 Å². The second-order valence-electron chi connectivity index (χ2n) is 5.08. The van der Waals surface area contributed by atoms with Crippen LogP contribution in [0, 0.1) is 0 Å². The van der Waals surface area contributed by atoms with Gasteiger partial charge in [-0.05, 0) is 18.1 Å². The van der Waals surface area contributed by atoms with Crippen LogP contribution in [0.1, 0.15) is 12.0 Å². The largest absolute Gasteiger partial charge is 0.347 e. The Bertz CT molecular complexity index is 655. The van der Waals surface area contributed by atoms with E-state index in [0.29, 0.717) is 6.54 Å². The molecule has 2 rings (SSSR count). The molecule has 1 aromatic carbocycles. The minimum Gasteiger partial charge on any atom is -0.347 e. The number of amides is 2. The van der Waals surface area contributed by atoms with Gasteiger partial charge in [-0.25, -0.2) is 8.42 Å². The van der Waals surface area contributed by atoms with Crippen LogP contribution >= 0.6 is 0 Å². The van der Waals surface area contributed by atoms with Crippen molar-refractivity contribution < 1.29 is 18.0 Å². The predicted molar refractivity (Wildman–Crippen MR) is 79.8 cm³/mol. The first-order chi connectivity index (χ1) is 9.87. The maximum atomic E-state index is 12.1. The molecule has 0 bridgehead atoms. The summed E-state index contributed by atoms with van der Waals surface area (Å²) in [5.41, 5.74) is 2.00. The van der Waals surface area contributed by atoms with E-state index in [1.807, 2.05) is 24.3 Å². The van der Waals surface area contributed by atoms with Crippen LogP contribution in [0.2, 0.25) is 0 Å². The van der Waals surface area contributed by atoms with E-state index >= 15 is 0 Å². The van der Waals surface area contributed by atoms with Gasteiger partial charge >= 0.3 is 0 Å². The van der Waals surface area contributed by atoms with E-state index < -0.39 is 15.7 Å². The Morgan fingerprint density at radius 2 is 2.00 bits per heavy atom. The van der Waals surface area contributed by atoms with E-state index in [1.54, 1.807) is 4.90 Å². The van der Waals surface area contributed by atoms with Crippen LogP contribution in [0.15, 0.2) is 24.3 Å². The van der Waals surface area contributed by atoms with Crippen molar-refractivity contribution in [2.45, 2.75) is 12.8 Å². The van der Waals surface area contributed by atoms with Crippen LogP contribution in [-0.4, -0.2) is 45.3 Å². The predicted octanol–water partition coefficient (Wildman–Crippen LogP) is 0.127. The van der Waals surface area contributed by atoms with Crippen molar-refractivity contribution in [2.75, 3.05) is 30.0 Å². The maximum absolute atomic E-state index is 12.1. The molecule has 1 aliphatic rings. The SMILES string of the molecule is CS(=O)(=O)CCC(=O)NCC(=O)N1CCc2ccccc21. The third-order valence-corrected chi connectivity index (χ3v) is 4.27. The number of fused-ring (bicyclic) bond motifs is 1. The van der Waals surface area contributed by atoms with Crippen molar-refractivity contribution in [1.29, 1.82) is 0 Å². The van der Waals surface area contributed by atoms with Crippen molar-refractivity contribution in [3.8, 4) is 0 Å². The van der Waals surface area contributed by atoms with Crippen molar-refractivity contribution in [1.82, 2.24) is 5.32 Å². The summed E-state index contributed by atoms with van der Waals surface area (Å²) < 4.78 is 21.9. The van der Waals surface area contributed by atoms with Gasteiger partial charge in [0.1, 0.15) is 9.84 Å². The number of nitrogens with one attached hydrogen (secondary N) is 1. The molecule has 1 N–H and O–H groups in total. The number of hydrogen-bond donors (Lipinski definition) is 1. The van der Waals surface area contributed by atoms with E-state index in [2.05, 4.69) is 5.32 Å². The molecule has 2 amide bonds. The smallest absolute Gasteiger partial charge is 0.246 e. The zero-order chi connectivity index (χ0) is 15.5. The van der Waals surface area contributed by atoms with Gasteiger partial charge in [-0.3, -0.25) is 9.59 Å². The number of rotatable bonds is 5. The number of hydrogen-bond acceptors (Lipinski definition) is 4. The fourth-order valence-corrected chi connectivity index (χ4v) is 2.79. The van der Waals surface area contributed by atoms with Gasteiger partial charge in [0.05, 0.1) is 12.3 Å². The normalized spacial score (nSPS) is 13.9. The summed E-state index contributed by atoms with van der Waals surface area (Å²) in [6.07, 6.45) is 1.76. The Hall–Kier alpha value is -1.89. The molecule has 1 aromatic rings. The minimum absolute atomic E-state index is 0.114. The number of sulfone groups is 1. The molecule has 1 aliphatic heterocycles. The Labute approximate surface area is 124 Å². The molecule has 0 unspecified atom stereocenters. The lowest BCUT2D eigenvalue weighted by Gasteiger charge is -2.17. The average molecular weight is 310 g/mol. The number of para-hydroxylation sites is 1. The lowest BCUT2D eigenvalue weighted by molar-refractivity contribution is -0.124. The highest BCUT2D eigenvalue weighted by Gasteiger charge is 2.24. The third kappa shape index (κ3) is 4.29. The van der Waals surface area contributed by atoms with E-state index in [-0.39, 0.29) is 24.6 Å². The van der Waals surface area contributed by atoms with Crippen LogP contribution in [0.4, 0.5) is 5.69 Å². The average Bonchev–Trinajstić information content (AvgIpc) is 2.85. The highest BCUT2D eigenvalue weighted by atomic mass is 32.2. The van der Waals surface area contributed by atoms with Gasteiger partial charge in [-0.2, -0.15) is 0 Å². The second kappa shape index (κ2) is 6.26. The monoisotopic (exact) mass is 310 g/mol. The molecular weight excluding hydrogens is 292 g/mol. The summed E-state index contributed by atoms with van der Waals surface area (Å²) in [6, 6.07) is 7.66. The van der Waals surface area contributed by atoms with Crippen molar-refractivity contribution in [2.24, 2.45) is 0 Å². The first-order valence-electron chi connectivity index (χ1n) is 6.69. The molecule has 7 heteroatoms. The number of anilines is 1. The number of benzene rings is 1. The van der Waals surface area contributed by atoms with Gasteiger partial charge in [0.15, 0.2) is 0 Å². The molecule has 0 atom stereocenters. The molecule has 6 nitrogen and oxygen atoms in total. The number of carbonyl (C=O) groups is 2. The number of carbonyl (C=O) groups excluding carboxylic acids is 2. The van der Waals surface area contributed by atoms with Gasteiger partial charge in [0, 0.05) is 24.9 Å². The molecule has 21 heavy (non-hydrogen) atoms. The minimum atomic E-state index is -3.17. The van der Waals surface area contributed by atoms with Crippen LogP contribution in [-0.2, 0) is 25.8 Å². The summed E-state index contributed by atoms with van der Waals surface area (Å²) >= 11 is 0. The highest BCUT2D eigenvalue weighted by Crippen LogP contribution is 2.27. The summed E-state index contributed by atoms with van der Waals surface area (Å²) in [7, 11) is -3.17. The zero-order valence-corrected chi connectivity index (χ0v) is 12.6. The second-order valence-corrected chi connectivity index (χ2v) is 7.34. The molecule has 0 saturated carbocycles. The quantitative estimate of drug-likeness (QED) is 0.838.